The second-order valence-electron chi connectivity index (χ2n) is 5.22. The molecule has 0 unspecified atom stereocenters. The smallest absolute Gasteiger partial charge is 0.355 e. The molecule has 9 heteroatoms. The van der Waals surface area contributed by atoms with Crippen LogP contribution in [0.4, 0.5) is 5.69 Å². The molecule has 2 aliphatic rings. The Hall–Kier alpha value is -2.58. The van der Waals surface area contributed by atoms with E-state index in [9.17, 15) is 14.4 Å². The number of carbonyl (C=O) groups is 3. The van der Waals surface area contributed by atoms with Crippen LogP contribution >= 0.6 is 11.6 Å². The van der Waals surface area contributed by atoms with Crippen LogP contribution in [0, 0.1) is 0 Å². The number of benzene rings is 1. The predicted octanol–water partition coefficient (Wildman–Crippen LogP) is 1.40. The maximum absolute atomic E-state index is 12.3. The van der Waals surface area contributed by atoms with Crippen molar-refractivity contribution >= 4 is 35.2 Å². The molecule has 0 atom stereocenters. The van der Waals surface area contributed by atoms with E-state index in [-0.39, 0.29) is 47.5 Å². The third-order valence-corrected chi connectivity index (χ3v) is 4.19. The van der Waals surface area contributed by atoms with Gasteiger partial charge in [0.05, 0.1) is 42.7 Å². The first-order valence-electron chi connectivity index (χ1n) is 7.23. The minimum absolute atomic E-state index is 0.0272. The summed E-state index contributed by atoms with van der Waals surface area (Å²) in [5.74, 6) is -2.08. The first-order chi connectivity index (χ1) is 12.0. The van der Waals surface area contributed by atoms with Crippen LogP contribution < -0.4 is 4.90 Å². The largest absolute Gasteiger partial charge is 0.466 e. The van der Waals surface area contributed by atoms with Crippen molar-refractivity contribution in [1.82, 2.24) is 0 Å². The van der Waals surface area contributed by atoms with E-state index < -0.39 is 17.9 Å². The molecular weight excluding hydrogens is 354 g/mol. The van der Waals surface area contributed by atoms with Crippen LogP contribution in [0.15, 0.2) is 23.4 Å². The Labute approximate surface area is 147 Å². The number of methoxy groups -OCH3 is 2. The maximum Gasteiger partial charge on any atom is 0.355 e. The zero-order valence-corrected chi connectivity index (χ0v) is 14.2. The molecule has 132 valence electrons. The Morgan fingerprint density at radius 1 is 1.16 bits per heavy atom. The van der Waals surface area contributed by atoms with Crippen molar-refractivity contribution in [2.45, 2.75) is 6.61 Å². The Morgan fingerprint density at radius 2 is 1.88 bits per heavy atom. The molecule has 0 saturated carbocycles. The number of carbonyl (C=O) groups excluding carboxylic acids is 3. The lowest BCUT2D eigenvalue weighted by molar-refractivity contribution is -0.140. The molecule has 25 heavy (non-hydrogen) atoms. The Morgan fingerprint density at radius 3 is 2.56 bits per heavy atom. The van der Waals surface area contributed by atoms with Crippen molar-refractivity contribution in [3.05, 3.63) is 39.6 Å². The number of ether oxygens (including phenoxy) is 4. The quantitative estimate of drug-likeness (QED) is 0.585. The number of hydrogen-bond acceptors (Lipinski definition) is 8. The lowest BCUT2D eigenvalue weighted by Gasteiger charge is -2.32. The number of anilines is 1. The summed E-state index contributed by atoms with van der Waals surface area (Å²) >= 11 is 6.29. The van der Waals surface area contributed by atoms with E-state index >= 15 is 0 Å². The number of rotatable bonds is 3. The highest BCUT2D eigenvalue weighted by Crippen LogP contribution is 2.39. The fraction of sp³-hybridized carbons (Fsp3) is 0.312. The van der Waals surface area contributed by atoms with E-state index in [1.807, 2.05) is 0 Å². The van der Waals surface area contributed by atoms with Crippen LogP contribution in [0.1, 0.15) is 15.9 Å². The highest BCUT2D eigenvalue weighted by atomic mass is 35.5. The molecule has 0 N–H and O–H groups in total. The van der Waals surface area contributed by atoms with E-state index in [4.69, 9.17) is 30.5 Å². The van der Waals surface area contributed by atoms with Gasteiger partial charge in [-0.15, -0.1) is 0 Å². The van der Waals surface area contributed by atoms with E-state index in [1.165, 1.54) is 19.1 Å². The topological polar surface area (TPSA) is 91.4 Å². The molecule has 0 amide bonds. The molecule has 1 aromatic rings. The molecule has 0 aliphatic carbocycles. The highest BCUT2D eigenvalue weighted by Gasteiger charge is 2.37. The summed E-state index contributed by atoms with van der Waals surface area (Å²) in [6.07, 6.45) is 0. The van der Waals surface area contributed by atoms with Crippen molar-refractivity contribution in [3.8, 4) is 0 Å². The zero-order chi connectivity index (χ0) is 18.1. The summed E-state index contributed by atoms with van der Waals surface area (Å²) in [4.78, 5) is 37.8. The van der Waals surface area contributed by atoms with Gasteiger partial charge in [0.1, 0.15) is 19.0 Å². The minimum atomic E-state index is -0.774. The Balaban J connectivity index is 2.23. The normalized spacial score (nSPS) is 16.4. The molecule has 8 nitrogen and oxygen atoms in total. The van der Waals surface area contributed by atoms with Gasteiger partial charge >= 0.3 is 17.9 Å². The van der Waals surface area contributed by atoms with Crippen molar-refractivity contribution in [2.75, 3.05) is 32.5 Å². The zero-order valence-electron chi connectivity index (χ0n) is 13.5. The average Bonchev–Trinajstić information content (AvgIpc) is 3.01. The summed E-state index contributed by atoms with van der Waals surface area (Å²) in [7, 11) is 2.37. The van der Waals surface area contributed by atoms with E-state index in [1.54, 1.807) is 12.1 Å². The maximum atomic E-state index is 12.3. The summed E-state index contributed by atoms with van der Waals surface area (Å²) < 4.78 is 19.9. The van der Waals surface area contributed by atoms with Gasteiger partial charge in [0.25, 0.3) is 0 Å². The molecule has 0 bridgehead atoms. The van der Waals surface area contributed by atoms with Gasteiger partial charge < -0.3 is 23.8 Å². The number of esters is 3. The van der Waals surface area contributed by atoms with Gasteiger partial charge in [-0.05, 0) is 6.07 Å². The van der Waals surface area contributed by atoms with Crippen LogP contribution in [0.3, 0.4) is 0 Å². The van der Waals surface area contributed by atoms with Crippen LogP contribution in [-0.2, 0) is 35.1 Å². The van der Waals surface area contributed by atoms with Gasteiger partial charge in [0, 0.05) is 5.56 Å². The van der Waals surface area contributed by atoms with Crippen molar-refractivity contribution < 1.29 is 33.3 Å². The van der Waals surface area contributed by atoms with Crippen molar-refractivity contribution in [2.24, 2.45) is 0 Å². The molecule has 2 heterocycles. The number of nitrogens with zero attached hydrogens (tertiary/aromatic N) is 1. The molecule has 0 spiro atoms. The second-order valence-corrected chi connectivity index (χ2v) is 5.63. The van der Waals surface area contributed by atoms with Gasteiger partial charge in [-0.2, -0.15) is 0 Å². The fourth-order valence-electron chi connectivity index (χ4n) is 2.75. The van der Waals surface area contributed by atoms with Crippen molar-refractivity contribution in [3.63, 3.8) is 0 Å². The Bertz CT molecular complexity index is 802. The summed E-state index contributed by atoms with van der Waals surface area (Å²) in [5.41, 5.74) is 0.960. The van der Waals surface area contributed by atoms with Crippen LogP contribution in [0.5, 0.6) is 0 Å². The number of hydrogen-bond donors (Lipinski definition) is 0. The summed E-state index contributed by atoms with van der Waals surface area (Å²) in [6, 6.07) is 3.25. The van der Waals surface area contributed by atoms with Gasteiger partial charge in [-0.1, -0.05) is 17.7 Å². The van der Waals surface area contributed by atoms with Crippen molar-refractivity contribution in [1.29, 1.82) is 0 Å². The molecule has 2 aliphatic heterocycles. The minimum Gasteiger partial charge on any atom is -0.466 e. The fourth-order valence-corrected chi connectivity index (χ4v) is 3.01. The molecule has 3 rings (SSSR count). The molecule has 1 aromatic carbocycles. The van der Waals surface area contributed by atoms with Gasteiger partial charge in [-0.25, -0.2) is 14.4 Å². The first kappa shape index (κ1) is 17.2. The first-order valence-corrected chi connectivity index (χ1v) is 7.61. The van der Waals surface area contributed by atoms with Crippen LogP contribution in [0.25, 0.3) is 0 Å². The molecular formula is C16H14ClNO7. The molecule has 0 radical (unpaired) electrons. The van der Waals surface area contributed by atoms with Gasteiger partial charge in [0.15, 0.2) is 0 Å². The third kappa shape index (κ3) is 2.83. The lowest BCUT2D eigenvalue weighted by atomic mass is 10.0. The molecule has 0 saturated heterocycles. The van der Waals surface area contributed by atoms with Gasteiger partial charge in [0.2, 0.25) is 0 Å². The van der Waals surface area contributed by atoms with Crippen LogP contribution in [-0.4, -0.2) is 45.5 Å². The average molecular weight is 368 g/mol. The molecule has 0 fully saturated rings. The lowest BCUT2D eigenvalue weighted by Crippen LogP contribution is -2.39. The summed E-state index contributed by atoms with van der Waals surface area (Å²) in [5, 5.41) is 0.203. The predicted molar refractivity (Wildman–Crippen MR) is 84.9 cm³/mol. The number of cyclic esters (lactones) is 1. The van der Waals surface area contributed by atoms with E-state index in [0.29, 0.717) is 5.56 Å². The highest BCUT2D eigenvalue weighted by molar-refractivity contribution is 6.34. The van der Waals surface area contributed by atoms with Crippen LogP contribution in [0.2, 0.25) is 5.02 Å². The summed E-state index contributed by atoms with van der Waals surface area (Å²) in [6.45, 7) is -0.132. The monoisotopic (exact) mass is 367 g/mol. The molecule has 0 aromatic heterocycles. The number of halogens is 1. The van der Waals surface area contributed by atoms with E-state index in [0.717, 1.165) is 0 Å². The van der Waals surface area contributed by atoms with Gasteiger partial charge in [-0.3, -0.25) is 0 Å². The Kier molecular flexibility index (Phi) is 4.65. The SMILES string of the molecule is COC(=O)C1=C(C(=O)OC)N(c2c(Cl)ccc3c2C(=O)OC3)COC1. The van der Waals surface area contributed by atoms with E-state index in [2.05, 4.69) is 0 Å². The standard InChI is InChI=1S/C16H14ClNO7/c1-22-14(19)9-6-24-7-18(12(9)16(21)23-2)13-10(17)4-3-8-5-25-15(20)11(8)13/h3-4H,5-7H2,1-2H3. The third-order valence-electron chi connectivity index (χ3n) is 3.88. The second kappa shape index (κ2) is 6.73. The number of fused-ring (bicyclic) bond motifs is 1.